The summed E-state index contributed by atoms with van der Waals surface area (Å²) in [5.41, 5.74) is 8.20. The second-order valence-electron chi connectivity index (χ2n) is 6.46. The van der Waals surface area contributed by atoms with Crippen LogP contribution in [0.15, 0.2) is 40.4 Å². The summed E-state index contributed by atoms with van der Waals surface area (Å²) in [7, 11) is 4.28. The van der Waals surface area contributed by atoms with Crippen molar-refractivity contribution in [2.24, 2.45) is 10.7 Å². The molecular formula is C24H46N4S. The lowest BCUT2D eigenvalue weighted by atomic mass is 10.2. The van der Waals surface area contributed by atoms with Crippen molar-refractivity contribution >= 4 is 17.2 Å². The predicted molar refractivity (Wildman–Crippen MR) is 135 cm³/mol. The molecule has 0 aliphatic rings. The Hall–Kier alpha value is -1.43. The van der Waals surface area contributed by atoms with E-state index in [-0.39, 0.29) is 6.04 Å². The van der Waals surface area contributed by atoms with E-state index in [1.54, 1.807) is 11.3 Å². The van der Waals surface area contributed by atoms with Gasteiger partial charge in [0.15, 0.2) is 0 Å². The summed E-state index contributed by atoms with van der Waals surface area (Å²) in [5, 5.41) is 2.18. The molecule has 168 valence electrons. The minimum absolute atomic E-state index is 0.106. The van der Waals surface area contributed by atoms with Crippen LogP contribution in [0.3, 0.4) is 0 Å². The van der Waals surface area contributed by atoms with E-state index in [0.29, 0.717) is 0 Å². The second kappa shape index (κ2) is 18.6. The zero-order valence-corrected chi connectivity index (χ0v) is 21.4. The zero-order chi connectivity index (χ0) is 22.8. The van der Waals surface area contributed by atoms with E-state index in [1.165, 1.54) is 10.4 Å². The number of rotatable bonds is 9. The number of nitrogens with two attached hydrogens (primary N) is 1. The maximum absolute atomic E-state index is 6.14. The molecule has 0 saturated carbocycles. The van der Waals surface area contributed by atoms with Crippen LogP contribution in [-0.2, 0) is 0 Å². The number of thiophene rings is 1. The fourth-order valence-corrected chi connectivity index (χ4v) is 3.06. The van der Waals surface area contributed by atoms with Crippen LogP contribution in [0, 0.1) is 6.92 Å². The Kier molecular flexibility index (Phi) is 19.1. The van der Waals surface area contributed by atoms with Gasteiger partial charge >= 0.3 is 0 Å². The fourth-order valence-electron chi connectivity index (χ4n) is 2.38. The van der Waals surface area contributed by atoms with Gasteiger partial charge in [0.05, 0.1) is 5.70 Å². The normalized spacial score (nSPS) is 13.0. The molecule has 0 aliphatic heterocycles. The smallest absolute Gasteiger partial charge is 0.136 e. The van der Waals surface area contributed by atoms with Gasteiger partial charge < -0.3 is 15.5 Å². The van der Waals surface area contributed by atoms with Crippen molar-refractivity contribution in [1.29, 1.82) is 0 Å². The highest BCUT2D eigenvalue weighted by molar-refractivity contribution is 7.10. The van der Waals surface area contributed by atoms with Crippen molar-refractivity contribution in [2.75, 3.05) is 33.7 Å². The maximum Gasteiger partial charge on any atom is 0.136 e. The summed E-state index contributed by atoms with van der Waals surface area (Å²) in [6, 6.07) is 2.10. The Morgan fingerprint density at radius 2 is 1.83 bits per heavy atom. The predicted octanol–water partition coefficient (Wildman–Crippen LogP) is 5.94. The van der Waals surface area contributed by atoms with E-state index >= 15 is 0 Å². The number of aryl methyl sites for hydroxylation is 1. The van der Waals surface area contributed by atoms with E-state index in [2.05, 4.69) is 49.2 Å². The van der Waals surface area contributed by atoms with Gasteiger partial charge in [0.2, 0.25) is 0 Å². The number of amidine groups is 1. The molecule has 0 amide bonds. The monoisotopic (exact) mass is 422 g/mol. The Morgan fingerprint density at radius 1 is 1.21 bits per heavy atom. The van der Waals surface area contributed by atoms with Crippen LogP contribution in [0.1, 0.15) is 65.3 Å². The van der Waals surface area contributed by atoms with Crippen LogP contribution >= 0.6 is 11.3 Å². The van der Waals surface area contributed by atoms with Crippen molar-refractivity contribution < 1.29 is 0 Å². The van der Waals surface area contributed by atoms with Crippen LogP contribution in [0.5, 0.6) is 0 Å². The Labute approximate surface area is 185 Å². The van der Waals surface area contributed by atoms with Gasteiger partial charge in [-0.1, -0.05) is 46.8 Å². The molecule has 0 spiro atoms. The molecule has 1 aromatic rings. The number of hydrogen-bond acceptors (Lipinski definition) is 4. The molecule has 1 atom stereocenters. The highest BCUT2D eigenvalue weighted by Gasteiger charge is 2.13. The summed E-state index contributed by atoms with van der Waals surface area (Å²) in [6.45, 7) is 19.4. The van der Waals surface area contributed by atoms with Crippen molar-refractivity contribution in [2.45, 2.75) is 67.9 Å². The lowest BCUT2D eigenvalue weighted by Gasteiger charge is -2.23. The average molecular weight is 423 g/mol. The molecule has 0 aromatic carbocycles. The van der Waals surface area contributed by atoms with Crippen LogP contribution < -0.4 is 5.73 Å². The quantitative estimate of drug-likeness (QED) is 0.304. The summed E-state index contributed by atoms with van der Waals surface area (Å²) >= 11 is 1.76. The molecule has 5 heteroatoms. The van der Waals surface area contributed by atoms with Gasteiger partial charge in [-0.25, -0.2) is 4.99 Å². The minimum atomic E-state index is -0.106. The molecule has 29 heavy (non-hydrogen) atoms. The number of aliphatic imine (C=N–C) groups is 1. The van der Waals surface area contributed by atoms with Crippen LogP contribution in [-0.4, -0.2) is 55.4 Å². The van der Waals surface area contributed by atoms with Gasteiger partial charge in [-0.3, -0.25) is 0 Å². The van der Waals surface area contributed by atoms with Gasteiger partial charge in [0.1, 0.15) is 5.84 Å². The van der Waals surface area contributed by atoms with Crippen molar-refractivity contribution in [3.05, 3.63) is 45.8 Å². The molecule has 0 fully saturated rings. The van der Waals surface area contributed by atoms with Gasteiger partial charge in [0.25, 0.3) is 0 Å². The summed E-state index contributed by atoms with van der Waals surface area (Å²) in [6.07, 6.45) is 7.10. The first-order valence-corrected chi connectivity index (χ1v) is 11.9. The first-order chi connectivity index (χ1) is 13.9. The zero-order valence-electron chi connectivity index (χ0n) is 20.6. The second-order valence-corrected chi connectivity index (χ2v) is 7.57. The molecular weight excluding hydrogens is 376 g/mol. The van der Waals surface area contributed by atoms with Crippen molar-refractivity contribution in [3.63, 3.8) is 0 Å². The Bertz CT molecular complexity index is 600. The maximum atomic E-state index is 6.14. The standard InChI is InChI=1S/C20H34N4S.2C2H6/c1-7-9-11-19(17(4)21)22-20(18-14-16(3)25-15-18)24(6)13-10-12-23(5)8-2;2*1-2/h7,9,11,14-15,17H,8,10,12-13,21H2,1-6H3;2*1-2H3/b9-7-,19-11+,22-20?;;. The van der Waals surface area contributed by atoms with E-state index in [0.717, 1.165) is 37.6 Å². The first kappa shape index (κ1) is 29.8. The Morgan fingerprint density at radius 3 is 2.28 bits per heavy atom. The minimum Gasteiger partial charge on any atom is -0.359 e. The summed E-state index contributed by atoms with van der Waals surface area (Å²) in [5.74, 6) is 0.997. The third kappa shape index (κ3) is 12.7. The molecule has 1 rings (SSSR count). The molecule has 0 radical (unpaired) electrons. The molecule has 0 saturated heterocycles. The van der Waals surface area contributed by atoms with E-state index < -0.39 is 0 Å². The third-order valence-corrected chi connectivity index (χ3v) is 4.95. The molecule has 2 N–H and O–H groups in total. The van der Waals surface area contributed by atoms with E-state index in [4.69, 9.17) is 10.7 Å². The third-order valence-electron chi connectivity index (χ3n) is 4.08. The molecule has 4 nitrogen and oxygen atoms in total. The molecule has 0 bridgehead atoms. The van der Waals surface area contributed by atoms with Crippen LogP contribution in [0.25, 0.3) is 0 Å². The lowest BCUT2D eigenvalue weighted by Crippen LogP contribution is -2.32. The molecule has 0 aliphatic carbocycles. The van der Waals surface area contributed by atoms with E-state index in [9.17, 15) is 0 Å². The van der Waals surface area contributed by atoms with Gasteiger partial charge in [-0.15, -0.1) is 11.3 Å². The number of allylic oxidation sites excluding steroid dienone is 3. The van der Waals surface area contributed by atoms with Crippen molar-refractivity contribution in [3.8, 4) is 0 Å². The van der Waals surface area contributed by atoms with Crippen molar-refractivity contribution in [1.82, 2.24) is 9.80 Å². The van der Waals surface area contributed by atoms with Crippen LogP contribution in [0.2, 0.25) is 0 Å². The summed E-state index contributed by atoms with van der Waals surface area (Å²) < 4.78 is 0. The first-order valence-electron chi connectivity index (χ1n) is 11.0. The summed E-state index contributed by atoms with van der Waals surface area (Å²) in [4.78, 5) is 10.8. The molecule has 1 unspecified atom stereocenters. The van der Waals surface area contributed by atoms with Gasteiger partial charge in [0, 0.05) is 35.5 Å². The SMILES string of the molecule is C/C=C\C=C(\N=C(c1csc(C)c1)N(C)CCCN(C)CC)C(C)N.CC.CC. The van der Waals surface area contributed by atoms with Crippen LogP contribution in [0.4, 0.5) is 0 Å². The number of nitrogens with zero attached hydrogens (tertiary/aromatic N) is 3. The Balaban J connectivity index is 0. The fraction of sp³-hybridized carbons (Fsp3) is 0.625. The van der Waals surface area contributed by atoms with E-state index in [1.807, 2.05) is 59.8 Å². The lowest BCUT2D eigenvalue weighted by molar-refractivity contribution is 0.329. The average Bonchev–Trinajstić information content (AvgIpc) is 3.16. The van der Waals surface area contributed by atoms with Gasteiger partial charge in [-0.2, -0.15) is 0 Å². The highest BCUT2D eigenvalue weighted by Crippen LogP contribution is 2.18. The molecule has 1 aromatic heterocycles. The number of hydrogen-bond donors (Lipinski definition) is 1. The largest absolute Gasteiger partial charge is 0.359 e. The topological polar surface area (TPSA) is 44.9 Å². The van der Waals surface area contributed by atoms with Gasteiger partial charge in [-0.05, 0) is 59.5 Å². The highest BCUT2D eigenvalue weighted by atomic mass is 32.1. The molecule has 1 heterocycles.